The van der Waals surface area contributed by atoms with Crippen LogP contribution in [0.5, 0.6) is 0 Å². The maximum Gasteiger partial charge on any atom is 0.223 e. The number of hydrogen-bond acceptors (Lipinski definition) is 5. The summed E-state index contributed by atoms with van der Waals surface area (Å²) in [5.41, 5.74) is 0. The first-order chi connectivity index (χ1) is 7.79. The minimum Gasteiger partial charge on any atom is -0.383 e. The molecule has 1 aliphatic heterocycles. The van der Waals surface area contributed by atoms with E-state index in [-0.39, 0.29) is 0 Å². The highest BCUT2D eigenvalue weighted by atomic mass is 16.5. The van der Waals surface area contributed by atoms with Gasteiger partial charge in [0.15, 0.2) is 5.82 Å². The standard InChI is InChI=1S/C11H19N3O2/c1-9-12-11(13-16-9)10-3-5-14(6-4-10)7-8-15-2/h10H,3-8H2,1-2H3. The largest absolute Gasteiger partial charge is 0.383 e. The molecule has 2 rings (SSSR count). The molecule has 0 unspecified atom stereocenters. The highest BCUT2D eigenvalue weighted by Crippen LogP contribution is 2.25. The number of ether oxygens (including phenoxy) is 1. The van der Waals surface area contributed by atoms with Crippen LogP contribution in [0.4, 0.5) is 0 Å². The summed E-state index contributed by atoms with van der Waals surface area (Å²) in [5.74, 6) is 2.01. The van der Waals surface area contributed by atoms with Gasteiger partial charge in [0.1, 0.15) is 0 Å². The summed E-state index contributed by atoms with van der Waals surface area (Å²) in [6.45, 7) is 5.87. The van der Waals surface area contributed by atoms with Gasteiger partial charge in [0, 0.05) is 26.5 Å². The van der Waals surface area contributed by atoms with E-state index in [0.717, 1.165) is 44.9 Å². The van der Waals surface area contributed by atoms with Crippen molar-refractivity contribution in [2.24, 2.45) is 0 Å². The van der Waals surface area contributed by atoms with Gasteiger partial charge in [-0.05, 0) is 25.9 Å². The van der Waals surface area contributed by atoms with Crippen LogP contribution in [-0.2, 0) is 4.74 Å². The Labute approximate surface area is 95.8 Å². The molecule has 90 valence electrons. The minimum atomic E-state index is 0.469. The van der Waals surface area contributed by atoms with Crippen molar-refractivity contribution in [2.45, 2.75) is 25.7 Å². The zero-order valence-corrected chi connectivity index (χ0v) is 9.98. The van der Waals surface area contributed by atoms with E-state index in [4.69, 9.17) is 9.26 Å². The average Bonchev–Trinajstić information content (AvgIpc) is 2.74. The molecule has 2 heterocycles. The van der Waals surface area contributed by atoms with Crippen LogP contribution in [0.15, 0.2) is 4.52 Å². The Hall–Kier alpha value is -0.940. The Morgan fingerprint density at radius 1 is 1.44 bits per heavy atom. The minimum absolute atomic E-state index is 0.469. The van der Waals surface area contributed by atoms with E-state index in [1.807, 2.05) is 6.92 Å². The van der Waals surface area contributed by atoms with Gasteiger partial charge >= 0.3 is 0 Å². The molecule has 1 fully saturated rings. The number of methoxy groups -OCH3 is 1. The van der Waals surface area contributed by atoms with Crippen molar-refractivity contribution in [3.8, 4) is 0 Å². The van der Waals surface area contributed by atoms with E-state index in [9.17, 15) is 0 Å². The van der Waals surface area contributed by atoms with Crippen LogP contribution in [0.25, 0.3) is 0 Å². The quantitative estimate of drug-likeness (QED) is 0.770. The first-order valence-corrected chi connectivity index (χ1v) is 5.81. The molecule has 1 aliphatic rings. The summed E-state index contributed by atoms with van der Waals surface area (Å²) in [6.07, 6.45) is 2.23. The van der Waals surface area contributed by atoms with Crippen molar-refractivity contribution in [1.82, 2.24) is 15.0 Å². The van der Waals surface area contributed by atoms with Crippen molar-refractivity contribution in [3.05, 3.63) is 11.7 Å². The Bertz CT molecular complexity index is 319. The Balaban J connectivity index is 1.81. The maximum absolute atomic E-state index is 5.08. The van der Waals surface area contributed by atoms with Gasteiger partial charge in [0.05, 0.1) is 6.61 Å². The third-order valence-corrected chi connectivity index (χ3v) is 3.11. The van der Waals surface area contributed by atoms with Gasteiger partial charge in [0.2, 0.25) is 5.89 Å². The number of aromatic nitrogens is 2. The van der Waals surface area contributed by atoms with E-state index in [1.165, 1.54) is 0 Å². The van der Waals surface area contributed by atoms with Gasteiger partial charge in [-0.25, -0.2) is 0 Å². The fourth-order valence-electron chi connectivity index (χ4n) is 2.12. The fourth-order valence-corrected chi connectivity index (χ4v) is 2.12. The lowest BCUT2D eigenvalue weighted by molar-refractivity contribution is 0.129. The summed E-state index contributed by atoms with van der Waals surface area (Å²) in [7, 11) is 1.74. The number of aryl methyl sites for hydroxylation is 1. The van der Waals surface area contributed by atoms with Crippen molar-refractivity contribution in [1.29, 1.82) is 0 Å². The summed E-state index contributed by atoms with van der Waals surface area (Å²) in [4.78, 5) is 6.72. The highest BCUT2D eigenvalue weighted by molar-refractivity contribution is 4.97. The molecule has 0 spiro atoms. The number of likely N-dealkylation sites (tertiary alicyclic amines) is 1. The predicted octanol–water partition coefficient (Wildman–Crippen LogP) is 1.20. The smallest absolute Gasteiger partial charge is 0.223 e. The molecule has 1 aromatic heterocycles. The van der Waals surface area contributed by atoms with E-state index >= 15 is 0 Å². The van der Waals surface area contributed by atoms with Gasteiger partial charge in [-0.15, -0.1) is 0 Å². The number of hydrogen-bond donors (Lipinski definition) is 0. The van der Waals surface area contributed by atoms with Crippen LogP contribution in [0.2, 0.25) is 0 Å². The third kappa shape index (κ3) is 2.80. The summed E-state index contributed by atoms with van der Waals surface area (Å²) in [6, 6.07) is 0. The van der Waals surface area contributed by atoms with E-state index < -0.39 is 0 Å². The lowest BCUT2D eigenvalue weighted by Gasteiger charge is -2.30. The first kappa shape index (κ1) is 11.5. The molecular formula is C11H19N3O2. The summed E-state index contributed by atoms with van der Waals surface area (Å²) < 4.78 is 10.1. The second-order valence-corrected chi connectivity index (χ2v) is 4.28. The van der Waals surface area contributed by atoms with Gasteiger partial charge in [-0.1, -0.05) is 5.16 Å². The third-order valence-electron chi connectivity index (χ3n) is 3.11. The molecule has 0 bridgehead atoms. The van der Waals surface area contributed by atoms with E-state index in [0.29, 0.717) is 11.8 Å². The van der Waals surface area contributed by atoms with E-state index in [2.05, 4.69) is 15.0 Å². The molecule has 1 aromatic rings. The van der Waals surface area contributed by atoms with E-state index in [1.54, 1.807) is 7.11 Å². The molecule has 5 nitrogen and oxygen atoms in total. The van der Waals surface area contributed by atoms with Gasteiger partial charge in [0.25, 0.3) is 0 Å². The summed E-state index contributed by atoms with van der Waals surface area (Å²) in [5, 5.41) is 4.00. The number of piperidine rings is 1. The fraction of sp³-hybridized carbons (Fsp3) is 0.818. The Morgan fingerprint density at radius 3 is 2.75 bits per heavy atom. The molecule has 0 saturated carbocycles. The van der Waals surface area contributed by atoms with Crippen molar-refractivity contribution in [3.63, 3.8) is 0 Å². The lowest BCUT2D eigenvalue weighted by Crippen LogP contribution is -2.35. The predicted molar refractivity (Wildman–Crippen MR) is 59.3 cm³/mol. The molecule has 5 heteroatoms. The molecule has 0 aliphatic carbocycles. The van der Waals surface area contributed by atoms with Crippen LogP contribution >= 0.6 is 0 Å². The van der Waals surface area contributed by atoms with Gasteiger partial charge in [-0.2, -0.15) is 4.98 Å². The van der Waals surface area contributed by atoms with Crippen molar-refractivity contribution < 1.29 is 9.26 Å². The molecule has 0 N–H and O–H groups in total. The topological polar surface area (TPSA) is 51.4 Å². The van der Waals surface area contributed by atoms with Crippen LogP contribution in [0.1, 0.15) is 30.5 Å². The molecular weight excluding hydrogens is 206 g/mol. The lowest BCUT2D eigenvalue weighted by atomic mass is 9.96. The average molecular weight is 225 g/mol. The summed E-state index contributed by atoms with van der Waals surface area (Å²) >= 11 is 0. The van der Waals surface area contributed by atoms with Crippen molar-refractivity contribution in [2.75, 3.05) is 33.4 Å². The number of nitrogens with zero attached hydrogens (tertiary/aromatic N) is 3. The second kappa shape index (κ2) is 5.41. The van der Waals surface area contributed by atoms with Crippen LogP contribution in [0.3, 0.4) is 0 Å². The normalized spacial score (nSPS) is 19.1. The zero-order chi connectivity index (χ0) is 11.4. The molecule has 0 amide bonds. The van der Waals surface area contributed by atoms with Gasteiger partial charge in [-0.3, -0.25) is 0 Å². The molecule has 0 aromatic carbocycles. The number of rotatable bonds is 4. The zero-order valence-electron chi connectivity index (χ0n) is 9.98. The Morgan fingerprint density at radius 2 is 2.19 bits per heavy atom. The molecule has 0 atom stereocenters. The highest BCUT2D eigenvalue weighted by Gasteiger charge is 2.23. The van der Waals surface area contributed by atoms with Crippen LogP contribution in [0, 0.1) is 6.92 Å². The van der Waals surface area contributed by atoms with Gasteiger partial charge < -0.3 is 14.2 Å². The SMILES string of the molecule is COCCN1CCC(c2noc(C)n2)CC1. The second-order valence-electron chi connectivity index (χ2n) is 4.28. The Kier molecular flexibility index (Phi) is 3.90. The van der Waals surface area contributed by atoms with Crippen LogP contribution in [-0.4, -0.2) is 48.4 Å². The first-order valence-electron chi connectivity index (χ1n) is 5.81. The van der Waals surface area contributed by atoms with Crippen LogP contribution < -0.4 is 0 Å². The monoisotopic (exact) mass is 225 g/mol. The molecule has 1 saturated heterocycles. The molecule has 16 heavy (non-hydrogen) atoms. The molecule has 0 radical (unpaired) electrons. The van der Waals surface area contributed by atoms with Crippen molar-refractivity contribution >= 4 is 0 Å². The maximum atomic E-state index is 5.08.